The maximum atomic E-state index is 15.0. The van der Waals surface area contributed by atoms with Gasteiger partial charge in [-0.1, -0.05) is 18.2 Å². The number of anilines is 1. The molecule has 2 aliphatic rings. The molecule has 0 aliphatic heterocycles. The molecular weight excluding hydrogens is 562 g/mol. The zero-order valence-corrected chi connectivity index (χ0v) is 22.0. The van der Waals surface area contributed by atoms with E-state index in [1.807, 2.05) is 0 Å². The molecule has 2 aliphatic carbocycles. The van der Waals surface area contributed by atoms with Crippen LogP contribution < -0.4 is 10.5 Å². The summed E-state index contributed by atoms with van der Waals surface area (Å²) >= 11 is 0. The monoisotopic (exact) mass is 583 g/mol. The average Bonchev–Trinajstić information content (AvgIpc) is 3.61. The standard InChI is InChI=1S/C29H21F4N3O4S/c30-22-3-1-2-4-26(22)40-19-11-24(32)27(25(33)12-19)36-29(34)21(13-35-36)28(37)17-7-15-9-18(23(31)10-16(15)8-17)14-41(38,39)20-5-6-20/h1-4,8-13,20H,5-7,14,34H2. The fraction of sp³-hybridized carbons (Fsp3) is 0.172. The zero-order valence-electron chi connectivity index (χ0n) is 21.2. The molecule has 4 aromatic rings. The van der Waals surface area contributed by atoms with E-state index in [4.69, 9.17) is 10.5 Å². The van der Waals surface area contributed by atoms with Crippen LogP contribution >= 0.6 is 0 Å². The largest absolute Gasteiger partial charge is 0.454 e. The first-order valence-corrected chi connectivity index (χ1v) is 14.3. The smallest absolute Gasteiger partial charge is 0.194 e. The third-order valence-corrected chi connectivity index (χ3v) is 9.22. The van der Waals surface area contributed by atoms with Gasteiger partial charge in [0.2, 0.25) is 0 Å². The molecule has 41 heavy (non-hydrogen) atoms. The quantitative estimate of drug-likeness (QED) is 0.211. The SMILES string of the molecule is Nc1c(C(=O)C2=Cc3cc(F)c(CS(=O)(=O)C4CC4)cc3C2)cnn1-c1c(F)cc(Oc2ccccc2F)cc1F. The number of benzene rings is 3. The number of aromatic nitrogens is 2. The lowest BCUT2D eigenvalue weighted by atomic mass is 10.0. The van der Waals surface area contributed by atoms with E-state index in [0.717, 1.165) is 29.1 Å². The molecule has 2 N–H and O–H groups in total. The Morgan fingerprint density at radius 3 is 2.39 bits per heavy atom. The van der Waals surface area contributed by atoms with Crippen LogP contribution in [-0.2, 0) is 22.0 Å². The van der Waals surface area contributed by atoms with Crippen LogP contribution in [0.1, 0.15) is 39.9 Å². The van der Waals surface area contributed by atoms with Gasteiger partial charge in [-0.2, -0.15) is 5.10 Å². The molecule has 0 radical (unpaired) electrons. The highest BCUT2D eigenvalue weighted by Crippen LogP contribution is 2.35. The molecule has 0 unspecified atom stereocenters. The number of halogens is 4. The number of ether oxygens (including phenoxy) is 1. The summed E-state index contributed by atoms with van der Waals surface area (Å²) < 4.78 is 89.3. The van der Waals surface area contributed by atoms with Crippen LogP contribution in [0.2, 0.25) is 0 Å². The van der Waals surface area contributed by atoms with Gasteiger partial charge in [0.15, 0.2) is 38.8 Å². The lowest BCUT2D eigenvalue weighted by Crippen LogP contribution is -2.11. The normalized spacial score (nSPS) is 14.6. The lowest BCUT2D eigenvalue weighted by Gasteiger charge is -2.11. The number of fused-ring (bicyclic) bond motifs is 1. The van der Waals surface area contributed by atoms with Gasteiger partial charge in [0.1, 0.15) is 23.1 Å². The number of nitrogens with two attached hydrogens (primary N) is 1. The summed E-state index contributed by atoms with van der Waals surface area (Å²) in [6, 6.07) is 9.66. The summed E-state index contributed by atoms with van der Waals surface area (Å²) in [6.07, 6.45) is 3.76. The van der Waals surface area contributed by atoms with Crippen molar-refractivity contribution >= 4 is 27.5 Å². The molecule has 0 spiro atoms. The number of allylic oxidation sites excluding steroid dienone is 1. The molecule has 1 aromatic heterocycles. The van der Waals surface area contributed by atoms with E-state index in [1.54, 1.807) is 0 Å². The minimum Gasteiger partial charge on any atom is -0.454 e. The van der Waals surface area contributed by atoms with Gasteiger partial charge in [-0.25, -0.2) is 30.7 Å². The van der Waals surface area contributed by atoms with Gasteiger partial charge in [-0.3, -0.25) is 4.79 Å². The molecule has 0 saturated heterocycles. The number of nitrogens with zero attached hydrogens (tertiary/aromatic N) is 2. The van der Waals surface area contributed by atoms with Crippen molar-refractivity contribution in [1.29, 1.82) is 0 Å². The fourth-order valence-electron chi connectivity index (χ4n) is 4.78. The number of Topliss-reactive ketones (excluding diaryl/α,β-unsaturated/α-hetero) is 1. The maximum absolute atomic E-state index is 15.0. The van der Waals surface area contributed by atoms with Crippen LogP contribution in [0.15, 0.2) is 60.3 Å². The predicted octanol–water partition coefficient (Wildman–Crippen LogP) is 5.70. The van der Waals surface area contributed by atoms with E-state index >= 15 is 8.78 Å². The zero-order chi connectivity index (χ0) is 29.1. The van der Waals surface area contributed by atoms with Gasteiger partial charge in [0.05, 0.1) is 22.8 Å². The van der Waals surface area contributed by atoms with Crippen LogP contribution in [0.5, 0.6) is 11.5 Å². The van der Waals surface area contributed by atoms with Crippen LogP contribution in [0.3, 0.4) is 0 Å². The first-order valence-electron chi connectivity index (χ1n) is 12.6. The molecule has 3 aromatic carbocycles. The molecule has 1 fully saturated rings. The van der Waals surface area contributed by atoms with Gasteiger partial charge in [-0.15, -0.1) is 0 Å². The minimum atomic E-state index is -3.45. The highest BCUT2D eigenvalue weighted by atomic mass is 32.2. The molecule has 0 atom stereocenters. The number of hydrogen-bond acceptors (Lipinski definition) is 6. The highest BCUT2D eigenvalue weighted by molar-refractivity contribution is 7.91. The van der Waals surface area contributed by atoms with E-state index in [1.165, 1.54) is 36.4 Å². The number of carbonyl (C=O) groups excluding carboxylic acids is 1. The Kier molecular flexibility index (Phi) is 6.45. The second-order valence-corrected chi connectivity index (χ2v) is 12.2. The summed E-state index contributed by atoms with van der Waals surface area (Å²) in [5.41, 5.74) is 6.55. The Hall–Kier alpha value is -4.45. The number of para-hydroxylation sites is 1. The molecule has 6 rings (SSSR count). The van der Waals surface area contributed by atoms with Crippen molar-refractivity contribution in [3.8, 4) is 17.2 Å². The third-order valence-electron chi connectivity index (χ3n) is 7.02. The first kappa shape index (κ1) is 26.8. The molecule has 1 heterocycles. The molecule has 12 heteroatoms. The summed E-state index contributed by atoms with van der Waals surface area (Å²) in [5.74, 6) is -5.52. The van der Waals surface area contributed by atoms with Crippen molar-refractivity contribution in [3.05, 3.63) is 106 Å². The van der Waals surface area contributed by atoms with Crippen molar-refractivity contribution in [2.75, 3.05) is 5.73 Å². The number of rotatable bonds is 8. The summed E-state index contributed by atoms with van der Waals surface area (Å²) in [5, 5.41) is 3.47. The molecule has 0 bridgehead atoms. The van der Waals surface area contributed by atoms with Crippen molar-refractivity contribution in [3.63, 3.8) is 0 Å². The number of carbonyl (C=O) groups is 1. The number of nitrogen functional groups attached to an aromatic ring is 1. The van der Waals surface area contributed by atoms with Gasteiger partial charge in [0, 0.05) is 29.7 Å². The number of ketones is 1. The van der Waals surface area contributed by atoms with Gasteiger partial charge >= 0.3 is 0 Å². The van der Waals surface area contributed by atoms with Crippen LogP contribution in [0, 0.1) is 23.3 Å². The van der Waals surface area contributed by atoms with E-state index in [2.05, 4.69) is 5.10 Å². The Morgan fingerprint density at radius 1 is 1.00 bits per heavy atom. The minimum absolute atomic E-state index is 0.0402. The number of sulfone groups is 1. The van der Waals surface area contributed by atoms with Crippen molar-refractivity contribution < 1.29 is 35.5 Å². The van der Waals surface area contributed by atoms with E-state index < -0.39 is 55.6 Å². The fourth-order valence-corrected chi connectivity index (χ4v) is 6.52. The number of hydrogen-bond donors (Lipinski definition) is 1. The Morgan fingerprint density at radius 2 is 1.71 bits per heavy atom. The summed E-state index contributed by atoms with van der Waals surface area (Å²) in [4.78, 5) is 13.3. The average molecular weight is 584 g/mol. The topological polar surface area (TPSA) is 104 Å². The van der Waals surface area contributed by atoms with E-state index in [9.17, 15) is 22.0 Å². The maximum Gasteiger partial charge on any atom is 0.194 e. The predicted molar refractivity (Wildman–Crippen MR) is 142 cm³/mol. The van der Waals surface area contributed by atoms with E-state index in [-0.39, 0.29) is 40.4 Å². The molecule has 7 nitrogen and oxygen atoms in total. The van der Waals surface area contributed by atoms with Gasteiger partial charge < -0.3 is 10.5 Å². The van der Waals surface area contributed by atoms with Crippen LogP contribution in [-0.4, -0.2) is 29.2 Å². The Bertz CT molecular complexity index is 1860. The second kappa shape index (κ2) is 9.88. The second-order valence-electron chi connectivity index (χ2n) is 9.95. The molecular formula is C29H21F4N3O4S. The van der Waals surface area contributed by atoms with Crippen LogP contribution in [0.25, 0.3) is 11.8 Å². The van der Waals surface area contributed by atoms with Gasteiger partial charge in [-0.05, 0) is 48.2 Å². The van der Waals surface area contributed by atoms with Crippen molar-refractivity contribution in [2.45, 2.75) is 30.3 Å². The highest BCUT2D eigenvalue weighted by Gasteiger charge is 2.36. The van der Waals surface area contributed by atoms with Gasteiger partial charge in [0.25, 0.3) is 0 Å². The summed E-state index contributed by atoms with van der Waals surface area (Å²) in [7, 11) is -3.45. The Labute approximate surface area is 231 Å². The molecule has 1 saturated carbocycles. The van der Waals surface area contributed by atoms with E-state index in [0.29, 0.717) is 24.0 Å². The summed E-state index contributed by atoms with van der Waals surface area (Å²) in [6.45, 7) is 0. The van der Waals surface area contributed by atoms with Crippen molar-refractivity contribution in [1.82, 2.24) is 9.78 Å². The molecule has 210 valence electrons. The Balaban J connectivity index is 1.24. The third kappa shape index (κ3) is 4.99. The van der Waals surface area contributed by atoms with Crippen LogP contribution in [0.4, 0.5) is 23.4 Å². The molecule has 0 amide bonds. The first-order chi connectivity index (χ1) is 19.5. The lowest BCUT2D eigenvalue weighted by molar-refractivity contribution is 0.103. The van der Waals surface area contributed by atoms with Crippen molar-refractivity contribution in [2.24, 2.45) is 0 Å².